The van der Waals surface area contributed by atoms with Crippen molar-refractivity contribution < 1.29 is 9.53 Å². The Hall–Kier alpha value is -1.61. The molecule has 0 aliphatic heterocycles. The molecule has 1 aliphatic carbocycles. The predicted octanol–water partition coefficient (Wildman–Crippen LogP) is 2.02. The molecule has 2 N–H and O–H groups in total. The van der Waals surface area contributed by atoms with Crippen molar-refractivity contribution in [2.45, 2.75) is 25.8 Å². The molecule has 0 bridgehead atoms. The second-order valence-electron chi connectivity index (χ2n) is 4.85. The first-order valence-electron chi connectivity index (χ1n) is 6.20. The first-order chi connectivity index (χ1) is 8.60. The summed E-state index contributed by atoms with van der Waals surface area (Å²) in [7, 11) is 1.63. The topological polar surface area (TPSA) is 52.3 Å². The van der Waals surface area contributed by atoms with Gasteiger partial charge in [0, 0.05) is 23.9 Å². The molecule has 0 fully saturated rings. The third kappa shape index (κ3) is 2.79. The maximum atomic E-state index is 12.2. The predicted molar refractivity (Wildman–Crippen MR) is 71.7 cm³/mol. The molecule has 2 unspecified atom stereocenters. The first-order valence-corrected chi connectivity index (χ1v) is 6.20. The van der Waals surface area contributed by atoms with Gasteiger partial charge in [-0.2, -0.15) is 0 Å². The van der Waals surface area contributed by atoms with Gasteiger partial charge in [-0.1, -0.05) is 29.8 Å². The molecule has 1 aromatic carbocycles. The molecule has 0 amide bonds. The molecule has 0 spiro atoms. The Kier molecular flexibility index (Phi) is 3.82. The summed E-state index contributed by atoms with van der Waals surface area (Å²) in [5.41, 5.74) is 7.86. The maximum Gasteiger partial charge on any atom is 0.144 e. The van der Waals surface area contributed by atoms with E-state index in [0.29, 0.717) is 6.42 Å². The lowest BCUT2D eigenvalue weighted by atomic mass is 9.95. The molecule has 96 valence electrons. The highest BCUT2D eigenvalue weighted by Gasteiger charge is 2.23. The Bertz CT molecular complexity index is 479. The van der Waals surface area contributed by atoms with Crippen LogP contribution in [0.3, 0.4) is 0 Å². The third-order valence-corrected chi connectivity index (χ3v) is 3.33. The molecule has 0 saturated heterocycles. The van der Waals surface area contributed by atoms with E-state index in [1.54, 1.807) is 7.11 Å². The van der Waals surface area contributed by atoms with Crippen molar-refractivity contribution in [3.05, 3.63) is 41.5 Å². The summed E-state index contributed by atoms with van der Waals surface area (Å²) in [6, 6.07) is 5.93. The molecule has 0 saturated carbocycles. The van der Waals surface area contributed by atoms with Crippen LogP contribution in [0.15, 0.2) is 30.4 Å². The Morgan fingerprint density at radius 2 is 2.22 bits per heavy atom. The summed E-state index contributed by atoms with van der Waals surface area (Å²) in [6.07, 6.45) is 4.98. The minimum Gasteiger partial charge on any atom is -0.496 e. The van der Waals surface area contributed by atoms with Gasteiger partial charge >= 0.3 is 0 Å². The van der Waals surface area contributed by atoms with E-state index < -0.39 is 0 Å². The Morgan fingerprint density at radius 1 is 1.44 bits per heavy atom. The van der Waals surface area contributed by atoms with Crippen LogP contribution in [0.5, 0.6) is 5.75 Å². The number of ketones is 1. The van der Waals surface area contributed by atoms with Gasteiger partial charge in [0.25, 0.3) is 0 Å². The molecule has 2 atom stereocenters. The normalized spacial score (nSPS) is 22.2. The molecular weight excluding hydrogens is 226 g/mol. The van der Waals surface area contributed by atoms with Gasteiger partial charge in [-0.15, -0.1) is 0 Å². The lowest BCUT2D eigenvalue weighted by molar-refractivity contribution is -0.120. The highest BCUT2D eigenvalue weighted by atomic mass is 16.5. The number of hydrogen-bond donors (Lipinski definition) is 1. The summed E-state index contributed by atoms with van der Waals surface area (Å²) in [6.45, 7) is 2.01. The van der Waals surface area contributed by atoms with Crippen molar-refractivity contribution >= 4 is 5.78 Å². The number of carbonyl (C=O) groups is 1. The Labute approximate surface area is 108 Å². The molecule has 1 aliphatic rings. The van der Waals surface area contributed by atoms with Crippen molar-refractivity contribution in [2.24, 2.45) is 11.7 Å². The van der Waals surface area contributed by atoms with Crippen LogP contribution < -0.4 is 10.5 Å². The summed E-state index contributed by atoms with van der Waals surface area (Å²) < 4.78 is 5.29. The van der Waals surface area contributed by atoms with Crippen LogP contribution in [0.4, 0.5) is 0 Å². The van der Waals surface area contributed by atoms with Gasteiger partial charge in [0.1, 0.15) is 11.5 Å². The van der Waals surface area contributed by atoms with Crippen molar-refractivity contribution in [3.63, 3.8) is 0 Å². The van der Waals surface area contributed by atoms with Crippen LogP contribution in [0.25, 0.3) is 0 Å². The number of rotatable bonds is 4. The monoisotopic (exact) mass is 245 g/mol. The lowest BCUT2D eigenvalue weighted by Gasteiger charge is -2.12. The number of aryl methyl sites for hydroxylation is 1. The standard InChI is InChI=1S/C15H19NO2/c1-10-3-6-15(18-2)12(7-10)9-14(17)11-4-5-13(16)8-11/h3-7,11,13H,8-9,16H2,1-2H3. The van der Waals surface area contributed by atoms with E-state index in [4.69, 9.17) is 10.5 Å². The third-order valence-electron chi connectivity index (χ3n) is 3.33. The fourth-order valence-corrected chi connectivity index (χ4v) is 2.33. The van der Waals surface area contributed by atoms with E-state index in [9.17, 15) is 4.79 Å². The first kappa shape index (κ1) is 12.8. The molecular formula is C15H19NO2. The zero-order valence-corrected chi connectivity index (χ0v) is 10.8. The van der Waals surface area contributed by atoms with E-state index in [2.05, 4.69) is 0 Å². The smallest absolute Gasteiger partial charge is 0.144 e. The molecule has 3 nitrogen and oxygen atoms in total. The number of hydrogen-bond acceptors (Lipinski definition) is 3. The number of allylic oxidation sites excluding steroid dienone is 1. The number of Topliss-reactive ketones (excluding diaryl/α,β-unsaturated/α-hetero) is 1. The van der Waals surface area contributed by atoms with Gasteiger partial charge in [0.2, 0.25) is 0 Å². The van der Waals surface area contributed by atoms with Crippen LogP contribution in [0.2, 0.25) is 0 Å². The molecule has 3 heteroatoms. The van der Waals surface area contributed by atoms with Crippen LogP contribution in [0, 0.1) is 12.8 Å². The van der Waals surface area contributed by atoms with Gasteiger partial charge in [0.05, 0.1) is 7.11 Å². The number of methoxy groups -OCH3 is 1. The fourth-order valence-electron chi connectivity index (χ4n) is 2.33. The van der Waals surface area contributed by atoms with E-state index in [0.717, 1.165) is 23.3 Å². The molecule has 0 aromatic heterocycles. The average Bonchev–Trinajstić information content (AvgIpc) is 2.76. The largest absolute Gasteiger partial charge is 0.496 e. The van der Waals surface area contributed by atoms with Crippen LogP contribution >= 0.6 is 0 Å². The van der Waals surface area contributed by atoms with Crippen molar-refractivity contribution in [2.75, 3.05) is 7.11 Å². The lowest BCUT2D eigenvalue weighted by Crippen LogP contribution is -2.20. The number of carbonyl (C=O) groups excluding carboxylic acids is 1. The van der Waals surface area contributed by atoms with E-state index >= 15 is 0 Å². The number of ether oxygens (including phenoxy) is 1. The van der Waals surface area contributed by atoms with Crippen molar-refractivity contribution in [1.29, 1.82) is 0 Å². The SMILES string of the molecule is COc1ccc(C)cc1CC(=O)C1C=CC(N)C1. The zero-order valence-electron chi connectivity index (χ0n) is 10.8. The second kappa shape index (κ2) is 5.36. The van der Waals surface area contributed by atoms with Crippen LogP contribution in [0.1, 0.15) is 17.5 Å². The minimum atomic E-state index is -0.0368. The quantitative estimate of drug-likeness (QED) is 0.826. The van der Waals surface area contributed by atoms with E-state index in [1.165, 1.54) is 0 Å². The second-order valence-corrected chi connectivity index (χ2v) is 4.85. The highest BCUT2D eigenvalue weighted by molar-refractivity contribution is 5.86. The van der Waals surface area contributed by atoms with Crippen LogP contribution in [-0.2, 0) is 11.2 Å². The van der Waals surface area contributed by atoms with Gasteiger partial charge in [-0.05, 0) is 19.4 Å². The Balaban J connectivity index is 2.11. The molecule has 2 rings (SSSR count). The summed E-state index contributed by atoms with van der Waals surface area (Å²) in [4.78, 5) is 12.2. The molecule has 0 heterocycles. The van der Waals surface area contributed by atoms with Crippen molar-refractivity contribution in [3.8, 4) is 5.75 Å². The summed E-state index contributed by atoms with van der Waals surface area (Å²) in [5.74, 6) is 0.952. The molecule has 0 radical (unpaired) electrons. The zero-order chi connectivity index (χ0) is 13.1. The minimum absolute atomic E-state index is 0.0263. The molecule has 1 aromatic rings. The van der Waals surface area contributed by atoms with Gasteiger partial charge in [0.15, 0.2) is 0 Å². The summed E-state index contributed by atoms with van der Waals surface area (Å²) >= 11 is 0. The number of nitrogens with two attached hydrogens (primary N) is 1. The Morgan fingerprint density at radius 3 is 2.83 bits per heavy atom. The van der Waals surface area contributed by atoms with Gasteiger partial charge in [-0.3, -0.25) is 4.79 Å². The maximum absolute atomic E-state index is 12.2. The van der Waals surface area contributed by atoms with Gasteiger partial charge in [-0.25, -0.2) is 0 Å². The fraction of sp³-hybridized carbons (Fsp3) is 0.400. The molecule has 18 heavy (non-hydrogen) atoms. The van der Waals surface area contributed by atoms with E-state index in [1.807, 2.05) is 37.3 Å². The van der Waals surface area contributed by atoms with Crippen LogP contribution in [-0.4, -0.2) is 18.9 Å². The number of benzene rings is 1. The van der Waals surface area contributed by atoms with E-state index in [-0.39, 0.29) is 17.7 Å². The van der Waals surface area contributed by atoms with Crippen molar-refractivity contribution in [1.82, 2.24) is 0 Å². The summed E-state index contributed by atoms with van der Waals surface area (Å²) in [5, 5.41) is 0. The average molecular weight is 245 g/mol. The highest BCUT2D eigenvalue weighted by Crippen LogP contribution is 2.24. The van der Waals surface area contributed by atoms with Gasteiger partial charge < -0.3 is 10.5 Å².